The molecule has 100 valence electrons. The maximum Gasteiger partial charge on any atom is 0.141 e. The van der Waals surface area contributed by atoms with E-state index >= 15 is 0 Å². The molecule has 3 heteroatoms. The molecule has 0 aliphatic rings. The Morgan fingerprint density at radius 1 is 1.11 bits per heavy atom. The van der Waals surface area contributed by atoms with Gasteiger partial charge in [-0.25, -0.2) is 4.39 Å². The molecule has 0 unspecified atom stereocenters. The van der Waals surface area contributed by atoms with E-state index in [2.05, 4.69) is 29.9 Å². The van der Waals surface area contributed by atoms with Crippen molar-refractivity contribution < 1.29 is 4.39 Å². The van der Waals surface area contributed by atoms with Crippen LogP contribution in [-0.4, -0.2) is 9.97 Å². The van der Waals surface area contributed by atoms with Crippen LogP contribution in [0.2, 0.25) is 0 Å². The number of rotatable bonds is 3. The standard InChI is InChI=1S/C16H19FN2/c1-11(2)12-5-6-15(19-8-12)16(3,4)13-7-14(17)10-18-9-13/h5-11H,1-4H3. The molecule has 0 saturated carbocycles. The molecule has 0 fully saturated rings. The van der Waals surface area contributed by atoms with E-state index in [1.54, 1.807) is 6.20 Å². The number of pyridine rings is 2. The zero-order valence-electron chi connectivity index (χ0n) is 11.8. The van der Waals surface area contributed by atoms with E-state index in [4.69, 9.17) is 0 Å². The Morgan fingerprint density at radius 3 is 2.37 bits per heavy atom. The van der Waals surface area contributed by atoms with Crippen LogP contribution < -0.4 is 0 Å². The van der Waals surface area contributed by atoms with Gasteiger partial charge in [0.2, 0.25) is 0 Å². The molecule has 0 saturated heterocycles. The van der Waals surface area contributed by atoms with Gasteiger partial charge in [0.1, 0.15) is 5.82 Å². The third-order valence-electron chi connectivity index (χ3n) is 3.52. The van der Waals surface area contributed by atoms with Gasteiger partial charge in [-0.2, -0.15) is 0 Å². The molecule has 0 aliphatic carbocycles. The van der Waals surface area contributed by atoms with Crippen LogP contribution in [0.15, 0.2) is 36.8 Å². The fraction of sp³-hybridized carbons (Fsp3) is 0.375. The van der Waals surface area contributed by atoms with E-state index in [-0.39, 0.29) is 11.2 Å². The lowest BCUT2D eigenvalue weighted by molar-refractivity contribution is 0.582. The second-order valence-corrected chi connectivity index (χ2v) is 5.65. The smallest absolute Gasteiger partial charge is 0.141 e. The van der Waals surface area contributed by atoms with Gasteiger partial charge in [0.05, 0.1) is 11.9 Å². The molecule has 0 aromatic carbocycles. The second-order valence-electron chi connectivity index (χ2n) is 5.65. The first-order chi connectivity index (χ1) is 8.91. The highest BCUT2D eigenvalue weighted by Gasteiger charge is 2.25. The molecule has 2 aromatic heterocycles. The maximum atomic E-state index is 13.3. The van der Waals surface area contributed by atoms with Gasteiger partial charge in [-0.3, -0.25) is 9.97 Å². The van der Waals surface area contributed by atoms with Crippen molar-refractivity contribution in [3.8, 4) is 0 Å². The molecular formula is C16H19FN2. The third kappa shape index (κ3) is 2.80. The Hall–Kier alpha value is -1.77. The van der Waals surface area contributed by atoms with Crippen molar-refractivity contribution in [3.63, 3.8) is 0 Å². The molecule has 0 radical (unpaired) electrons. The topological polar surface area (TPSA) is 25.8 Å². The van der Waals surface area contributed by atoms with Crippen molar-refractivity contribution in [2.24, 2.45) is 0 Å². The van der Waals surface area contributed by atoms with Crippen LogP contribution in [0.5, 0.6) is 0 Å². The predicted molar refractivity (Wildman–Crippen MR) is 74.6 cm³/mol. The van der Waals surface area contributed by atoms with Crippen molar-refractivity contribution in [2.45, 2.75) is 39.0 Å². The molecule has 2 nitrogen and oxygen atoms in total. The fourth-order valence-electron chi connectivity index (χ4n) is 2.02. The van der Waals surface area contributed by atoms with E-state index in [0.717, 1.165) is 11.3 Å². The van der Waals surface area contributed by atoms with E-state index < -0.39 is 0 Å². The van der Waals surface area contributed by atoms with Gasteiger partial charge in [-0.1, -0.05) is 33.8 Å². The van der Waals surface area contributed by atoms with Crippen LogP contribution in [0.1, 0.15) is 50.4 Å². The van der Waals surface area contributed by atoms with Crippen LogP contribution in [-0.2, 0) is 5.41 Å². The van der Waals surface area contributed by atoms with Crippen molar-refractivity contribution >= 4 is 0 Å². The van der Waals surface area contributed by atoms with Crippen LogP contribution in [0.3, 0.4) is 0 Å². The number of halogens is 1. The van der Waals surface area contributed by atoms with E-state index in [0.29, 0.717) is 5.92 Å². The monoisotopic (exact) mass is 258 g/mol. The second kappa shape index (κ2) is 5.08. The lowest BCUT2D eigenvalue weighted by atomic mass is 9.82. The van der Waals surface area contributed by atoms with Gasteiger partial charge < -0.3 is 0 Å². The zero-order chi connectivity index (χ0) is 14.0. The summed E-state index contributed by atoms with van der Waals surface area (Å²) in [6, 6.07) is 5.62. The Morgan fingerprint density at radius 2 is 1.84 bits per heavy atom. The first-order valence-corrected chi connectivity index (χ1v) is 6.48. The molecular weight excluding hydrogens is 239 g/mol. The maximum absolute atomic E-state index is 13.3. The summed E-state index contributed by atoms with van der Waals surface area (Å²) in [6.45, 7) is 8.33. The largest absolute Gasteiger partial charge is 0.261 e. The Balaban J connectivity index is 2.38. The fourth-order valence-corrected chi connectivity index (χ4v) is 2.02. The van der Waals surface area contributed by atoms with Crippen molar-refractivity contribution in [3.05, 3.63) is 59.4 Å². The quantitative estimate of drug-likeness (QED) is 0.829. The predicted octanol–water partition coefficient (Wildman–Crippen LogP) is 4.07. The highest BCUT2D eigenvalue weighted by molar-refractivity contribution is 5.33. The molecule has 0 spiro atoms. The molecule has 19 heavy (non-hydrogen) atoms. The lowest BCUT2D eigenvalue weighted by Crippen LogP contribution is -2.21. The lowest BCUT2D eigenvalue weighted by Gasteiger charge is -2.24. The van der Waals surface area contributed by atoms with Gasteiger partial charge in [-0.15, -0.1) is 0 Å². The van der Waals surface area contributed by atoms with Crippen molar-refractivity contribution in [1.29, 1.82) is 0 Å². The van der Waals surface area contributed by atoms with Crippen molar-refractivity contribution in [2.75, 3.05) is 0 Å². The molecule has 2 heterocycles. The van der Waals surface area contributed by atoms with Crippen LogP contribution >= 0.6 is 0 Å². The van der Waals surface area contributed by atoms with E-state index in [1.165, 1.54) is 17.8 Å². The summed E-state index contributed by atoms with van der Waals surface area (Å²) in [4.78, 5) is 8.45. The Bertz CT molecular complexity index is 559. The van der Waals surface area contributed by atoms with Crippen LogP contribution in [0.4, 0.5) is 4.39 Å². The summed E-state index contributed by atoms with van der Waals surface area (Å²) in [5, 5.41) is 0. The molecule has 0 atom stereocenters. The first-order valence-electron chi connectivity index (χ1n) is 6.48. The Labute approximate surface area is 113 Å². The highest BCUT2D eigenvalue weighted by atomic mass is 19.1. The van der Waals surface area contributed by atoms with E-state index in [9.17, 15) is 4.39 Å². The summed E-state index contributed by atoms with van der Waals surface area (Å²) in [5.41, 5.74) is 2.60. The van der Waals surface area contributed by atoms with Gasteiger partial charge >= 0.3 is 0 Å². The van der Waals surface area contributed by atoms with Gasteiger partial charge in [0.15, 0.2) is 0 Å². The highest BCUT2D eigenvalue weighted by Crippen LogP contribution is 2.30. The molecule has 2 rings (SSSR count). The minimum absolute atomic E-state index is 0.315. The summed E-state index contributed by atoms with van der Waals surface area (Å²) in [5.74, 6) is 0.143. The first kappa shape index (κ1) is 13.7. The molecule has 0 aliphatic heterocycles. The average molecular weight is 258 g/mol. The van der Waals surface area contributed by atoms with Gasteiger partial charge in [-0.05, 0) is 29.2 Å². The van der Waals surface area contributed by atoms with Gasteiger partial charge in [0, 0.05) is 17.8 Å². The number of aromatic nitrogens is 2. The zero-order valence-corrected chi connectivity index (χ0v) is 11.8. The number of hydrogen-bond acceptors (Lipinski definition) is 2. The van der Waals surface area contributed by atoms with Crippen molar-refractivity contribution in [1.82, 2.24) is 9.97 Å². The summed E-state index contributed by atoms with van der Waals surface area (Å²) < 4.78 is 13.3. The molecule has 0 bridgehead atoms. The Kier molecular flexibility index (Phi) is 3.65. The summed E-state index contributed by atoms with van der Waals surface area (Å²) in [7, 11) is 0. The number of nitrogens with zero attached hydrogens (tertiary/aromatic N) is 2. The minimum Gasteiger partial charge on any atom is -0.261 e. The van der Waals surface area contributed by atoms with Crippen LogP contribution in [0, 0.1) is 5.82 Å². The van der Waals surface area contributed by atoms with Crippen LogP contribution in [0.25, 0.3) is 0 Å². The van der Waals surface area contributed by atoms with E-state index in [1.807, 2.05) is 26.1 Å². The third-order valence-corrected chi connectivity index (χ3v) is 3.52. The minimum atomic E-state index is -0.357. The normalized spacial score (nSPS) is 11.9. The summed E-state index contributed by atoms with van der Waals surface area (Å²) in [6.07, 6.45) is 4.81. The number of hydrogen-bond donors (Lipinski definition) is 0. The van der Waals surface area contributed by atoms with Gasteiger partial charge in [0.25, 0.3) is 0 Å². The SMILES string of the molecule is CC(C)c1ccc(C(C)(C)c2cncc(F)c2)nc1. The molecule has 0 amide bonds. The average Bonchev–Trinajstić information content (AvgIpc) is 2.39. The summed E-state index contributed by atoms with van der Waals surface area (Å²) >= 11 is 0. The molecule has 0 N–H and O–H groups in total. The molecule has 2 aromatic rings.